The van der Waals surface area contributed by atoms with E-state index in [4.69, 9.17) is 11.1 Å². The molecule has 0 radical (unpaired) electrons. The molecule has 0 aliphatic carbocycles. The van der Waals surface area contributed by atoms with Crippen LogP contribution in [0.1, 0.15) is 50.2 Å². The number of amidine groups is 1. The summed E-state index contributed by atoms with van der Waals surface area (Å²) in [4.78, 5) is 2.62. The number of rotatable bonds is 4. The Hall–Kier alpha value is -1.35. The van der Waals surface area contributed by atoms with Gasteiger partial charge in [0, 0.05) is 18.2 Å². The van der Waals surface area contributed by atoms with Gasteiger partial charge in [-0.2, -0.15) is 0 Å². The molecule has 1 unspecified atom stereocenters. The van der Waals surface area contributed by atoms with E-state index in [1.54, 1.807) is 0 Å². The predicted octanol–water partition coefficient (Wildman–Crippen LogP) is 3.13. The first kappa shape index (κ1) is 14.1. The summed E-state index contributed by atoms with van der Waals surface area (Å²) in [6, 6.07) is 8.85. The van der Waals surface area contributed by atoms with Gasteiger partial charge in [0.05, 0.1) is 0 Å². The highest BCUT2D eigenvalue weighted by molar-refractivity contribution is 5.94. The largest absolute Gasteiger partial charge is 0.384 e. The van der Waals surface area contributed by atoms with Crippen LogP contribution in [0.3, 0.4) is 0 Å². The molecule has 0 aromatic heterocycles. The lowest BCUT2D eigenvalue weighted by Crippen LogP contribution is -2.33. The van der Waals surface area contributed by atoms with Crippen LogP contribution in [0.5, 0.6) is 0 Å². The van der Waals surface area contributed by atoms with Crippen molar-refractivity contribution in [1.82, 2.24) is 4.90 Å². The predicted molar refractivity (Wildman–Crippen MR) is 80.4 cm³/mol. The van der Waals surface area contributed by atoms with Crippen molar-refractivity contribution in [2.45, 2.75) is 51.6 Å². The van der Waals surface area contributed by atoms with Gasteiger partial charge in [-0.25, -0.2) is 0 Å². The lowest BCUT2D eigenvalue weighted by Gasteiger charge is -2.29. The fourth-order valence-corrected chi connectivity index (χ4v) is 2.93. The van der Waals surface area contributed by atoms with E-state index >= 15 is 0 Å². The van der Waals surface area contributed by atoms with Crippen molar-refractivity contribution in [2.24, 2.45) is 5.73 Å². The fourth-order valence-electron chi connectivity index (χ4n) is 2.93. The number of hydrogen-bond donors (Lipinski definition) is 2. The Morgan fingerprint density at radius 1 is 1.26 bits per heavy atom. The maximum atomic E-state index is 7.42. The molecule has 19 heavy (non-hydrogen) atoms. The van der Waals surface area contributed by atoms with Crippen molar-refractivity contribution in [3.63, 3.8) is 0 Å². The van der Waals surface area contributed by atoms with Crippen molar-refractivity contribution in [2.75, 3.05) is 6.54 Å². The highest BCUT2D eigenvalue weighted by Crippen LogP contribution is 2.21. The van der Waals surface area contributed by atoms with Crippen LogP contribution in [0.4, 0.5) is 0 Å². The van der Waals surface area contributed by atoms with Gasteiger partial charge in [-0.05, 0) is 31.4 Å². The molecule has 1 heterocycles. The van der Waals surface area contributed by atoms with E-state index in [1.807, 2.05) is 12.1 Å². The molecular weight excluding hydrogens is 234 g/mol. The highest BCUT2D eigenvalue weighted by Gasteiger charge is 2.19. The van der Waals surface area contributed by atoms with E-state index in [9.17, 15) is 0 Å². The van der Waals surface area contributed by atoms with Crippen LogP contribution >= 0.6 is 0 Å². The first-order valence-electron chi connectivity index (χ1n) is 7.38. The van der Waals surface area contributed by atoms with Gasteiger partial charge in [0.2, 0.25) is 0 Å². The van der Waals surface area contributed by atoms with Gasteiger partial charge >= 0.3 is 0 Å². The maximum absolute atomic E-state index is 7.42. The van der Waals surface area contributed by atoms with Crippen molar-refractivity contribution < 1.29 is 0 Å². The zero-order valence-corrected chi connectivity index (χ0v) is 11.9. The SMILES string of the molecule is CCC1CCCCCN1Cc1ccc(C(=N)N)cc1. The van der Waals surface area contributed by atoms with Crippen LogP contribution in [-0.2, 0) is 6.54 Å². The minimum atomic E-state index is 0.146. The van der Waals surface area contributed by atoms with Crippen LogP contribution in [0.15, 0.2) is 24.3 Å². The Kier molecular flexibility index (Phi) is 4.97. The molecule has 1 aromatic carbocycles. The third-order valence-corrected chi connectivity index (χ3v) is 4.12. The molecule has 1 saturated heterocycles. The maximum Gasteiger partial charge on any atom is 0.122 e. The highest BCUT2D eigenvalue weighted by atomic mass is 15.2. The minimum absolute atomic E-state index is 0.146. The summed E-state index contributed by atoms with van der Waals surface area (Å²) >= 11 is 0. The lowest BCUT2D eigenvalue weighted by molar-refractivity contribution is 0.186. The van der Waals surface area contributed by atoms with E-state index in [2.05, 4.69) is 24.0 Å². The van der Waals surface area contributed by atoms with Gasteiger partial charge in [-0.3, -0.25) is 10.3 Å². The summed E-state index contributed by atoms with van der Waals surface area (Å²) in [5.41, 5.74) is 7.62. The summed E-state index contributed by atoms with van der Waals surface area (Å²) in [6.45, 7) is 4.53. The lowest BCUT2D eigenvalue weighted by atomic mass is 10.1. The minimum Gasteiger partial charge on any atom is -0.384 e. The van der Waals surface area contributed by atoms with Crippen molar-refractivity contribution in [3.05, 3.63) is 35.4 Å². The second kappa shape index (κ2) is 6.71. The second-order valence-electron chi connectivity index (χ2n) is 5.49. The van der Waals surface area contributed by atoms with E-state index in [0.717, 1.165) is 18.2 Å². The van der Waals surface area contributed by atoms with Crippen LogP contribution in [-0.4, -0.2) is 23.3 Å². The normalized spacial score (nSPS) is 21.0. The zero-order valence-electron chi connectivity index (χ0n) is 11.9. The van der Waals surface area contributed by atoms with Gasteiger partial charge in [-0.15, -0.1) is 0 Å². The number of nitrogens with two attached hydrogens (primary N) is 1. The number of nitrogens with one attached hydrogen (secondary N) is 1. The van der Waals surface area contributed by atoms with Crippen molar-refractivity contribution in [3.8, 4) is 0 Å². The molecular formula is C16H25N3. The summed E-state index contributed by atoms with van der Waals surface area (Å²) in [6.07, 6.45) is 6.64. The third-order valence-electron chi connectivity index (χ3n) is 4.12. The number of likely N-dealkylation sites (tertiary alicyclic amines) is 1. The molecule has 2 rings (SSSR count). The topological polar surface area (TPSA) is 53.1 Å². The molecule has 3 heteroatoms. The molecule has 1 aliphatic heterocycles. The van der Waals surface area contributed by atoms with Crippen molar-refractivity contribution in [1.29, 1.82) is 5.41 Å². The summed E-state index contributed by atoms with van der Waals surface area (Å²) in [5.74, 6) is 0.146. The van der Waals surface area contributed by atoms with E-state index in [0.29, 0.717) is 0 Å². The molecule has 3 N–H and O–H groups in total. The number of benzene rings is 1. The molecule has 1 fully saturated rings. The fraction of sp³-hybridized carbons (Fsp3) is 0.562. The molecule has 0 amide bonds. The van der Waals surface area contributed by atoms with Gasteiger partial charge in [0.25, 0.3) is 0 Å². The average molecular weight is 259 g/mol. The van der Waals surface area contributed by atoms with Crippen LogP contribution in [0.2, 0.25) is 0 Å². The quantitative estimate of drug-likeness (QED) is 0.645. The third kappa shape index (κ3) is 3.80. The standard InChI is InChI=1S/C16H25N3/c1-2-15-6-4-3-5-11-19(15)12-13-7-9-14(10-8-13)16(17)18/h7-10,15H,2-6,11-12H2,1H3,(H3,17,18). The number of hydrogen-bond acceptors (Lipinski definition) is 2. The van der Waals surface area contributed by atoms with Crippen LogP contribution in [0.25, 0.3) is 0 Å². The zero-order chi connectivity index (χ0) is 13.7. The Morgan fingerprint density at radius 3 is 2.63 bits per heavy atom. The summed E-state index contributed by atoms with van der Waals surface area (Å²) in [7, 11) is 0. The van der Waals surface area contributed by atoms with Gasteiger partial charge in [-0.1, -0.05) is 44.0 Å². The number of nitrogen functional groups attached to an aromatic ring is 1. The van der Waals surface area contributed by atoms with E-state index < -0.39 is 0 Å². The molecule has 104 valence electrons. The van der Waals surface area contributed by atoms with E-state index in [-0.39, 0.29) is 5.84 Å². The monoisotopic (exact) mass is 259 g/mol. The van der Waals surface area contributed by atoms with Crippen molar-refractivity contribution >= 4 is 5.84 Å². The second-order valence-corrected chi connectivity index (χ2v) is 5.49. The Balaban J connectivity index is 2.03. The summed E-state index contributed by atoms with van der Waals surface area (Å²) < 4.78 is 0. The van der Waals surface area contributed by atoms with E-state index in [1.165, 1.54) is 44.2 Å². The molecule has 0 spiro atoms. The smallest absolute Gasteiger partial charge is 0.122 e. The van der Waals surface area contributed by atoms with Crippen LogP contribution in [0, 0.1) is 5.41 Å². The first-order chi connectivity index (χ1) is 9.20. The Morgan fingerprint density at radius 2 is 2.00 bits per heavy atom. The summed E-state index contributed by atoms with van der Waals surface area (Å²) in [5, 5.41) is 7.42. The first-order valence-corrected chi connectivity index (χ1v) is 7.38. The number of nitrogens with zero attached hydrogens (tertiary/aromatic N) is 1. The average Bonchev–Trinajstić information content (AvgIpc) is 2.64. The Labute approximate surface area is 116 Å². The molecule has 1 aromatic rings. The molecule has 1 atom stereocenters. The van der Waals surface area contributed by atoms with Gasteiger partial charge in [0.15, 0.2) is 0 Å². The molecule has 1 aliphatic rings. The molecule has 0 saturated carbocycles. The van der Waals surface area contributed by atoms with Gasteiger partial charge in [0.1, 0.15) is 5.84 Å². The van der Waals surface area contributed by atoms with Gasteiger partial charge < -0.3 is 5.73 Å². The molecule has 0 bridgehead atoms. The molecule has 3 nitrogen and oxygen atoms in total. The van der Waals surface area contributed by atoms with Crippen LogP contribution < -0.4 is 5.73 Å². The Bertz CT molecular complexity index is 411.